The van der Waals surface area contributed by atoms with Gasteiger partial charge in [-0.3, -0.25) is 9.59 Å². The van der Waals surface area contributed by atoms with E-state index in [2.05, 4.69) is 20.1 Å². The summed E-state index contributed by atoms with van der Waals surface area (Å²) in [6.45, 7) is -2.77. The highest BCUT2D eigenvalue weighted by atomic mass is 19.3. The first-order valence-electron chi connectivity index (χ1n) is 9.08. The number of hydrogen-bond acceptors (Lipinski definition) is 4. The van der Waals surface area contributed by atoms with E-state index in [1.807, 2.05) is 0 Å². The minimum absolute atomic E-state index is 0.0305. The lowest BCUT2D eigenvalue weighted by molar-refractivity contribution is -0.111. The number of para-hydroxylation sites is 1. The highest BCUT2D eigenvalue weighted by Gasteiger charge is 2.14. The molecule has 0 spiro atoms. The molecule has 0 unspecified atom stereocenters. The summed E-state index contributed by atoms with van der Waals surface area (Å²) in [6, 6.07) is 9.38. The lowest BCUT2D eigenvalue weighted by Crippen LogP contribution is -2.30. The Hall–Kier alpha value is -3.56. The fourth-order valence-corrected chi connectivity index (χ4v) is 2.50. The summed E-state index contributed by atoms with van der Waals surface area (Å²) in [7, 11) is 0. The van der Waals surface area contributed by atoms with Gasteiger partial charge in [-0.15, -0.1) is 0 Å². The predicted molar refractivity (Wildman–Crippen MR) is 106 cm³/mol. The maximum absolute atomic E-state index is 12.6. The zero-order chi connectivity index (χ0) is 23.0. The second-order valence-electron chi connectivity index (χ2n) is 6.45. The number of benzene rings is 2. The molecule has 0 heterocycles. The Bertz CT molecular complexity index is 949. The molecule has 166 valence electrons. The lowest BCUT2D eigenvalue weighted by Gasteiger charge is -2.12. The van der Waals surface area contributed by atoms with E-state index in [4.69, 9.17) is 0 Å². The van der Waals surface area contributed by atoms with Crippen molar-refractivity contribution in [2.45, 2.75) is 33.1 Å². The van der Waals surface area contributed by atoms with Crippen molar-refractivity contribution in [1.29, 1.82) is 0 Å². The standard InChI is InChI=1S/C21H20F4N2O4/c1-12(2)26-19(29)15-5-3-4-6-16(15)27-18(28)10-8-13-7-9-14(30-20(22)23)11-17(13)31-21(24)25/h3-12,20-21H,1-2H3,(H,26,29)(H,27,28)/b10-8+. The first-order chi connectivity index (χ1) is 14.7. The van der Waals surface area contributed by atoms with Crippen LogP contribution in [0.3, 0.4) is 0 Å². The van der Waals surface area contributed by atoms with E-state index in [1.54, 1.807) is 26.0 Å². The van der Waals surface area contributed by atoms with Crippen molar-refractivity contribution in [2.24, 2.45) is 0 Å². The van der Waals surface area contributed by atoms with Crippen molar-refractivity contribution in [3.05, 3.63) is 59.7 Å². The van der Waals surface area contributed by atoms with E-state index in [-0.39, 0.29) is 34.5 Å². The number of nitrogens with one attached hydrogen (secondary N) is 2. The molecule has 0 radical (unpaired) electrons. The van der Waals surface area contributed by atoms with Crippen LogP contribution in [0.15, 0.2) is 48.5 Å². The van der Waals surface area contributed by atoms with Gasteiger partial charge in [0.15, 0.2) is 0 Å². The number of anilines is 1. The second-order valence-corrected chi connectivity index (χ2v) is 6.45. The number of hydrogen-bond donors (Lipinski definition) is 2. The Morgan fingerprint density at radius 2 is 1.65 bits per heavy atom. The molecule has 0 saturated heterocycles. The molecule has 2 rings (SSSR count). The van der Waals surface area contributed by atoms with Crippen LogP contribution in [0.25, 0.3) is 6.08 Å². The van der Waals surface area contributed by atoms with Crippen LogP contribution in [-0.2, 0) is 4.79 Å². The molecule has 2 aromatic carbocycles. The molecular formula is C21H20F4N2O4. The largest absolute Gasteiger partial charge is 0.435 e. The molecule has 0 aromatic heterocycles. The highest BCUT2D eigenvalue weighted by Crippen LogP contribution is 2.28. The zero-order valence-corrected chi connectivity index (χ0v) is 16.6. The summed E-state index contributed by atoms with van der Waals surface area (Å²) < 4.78 is 58.4. The Labute approximate surface area is 175 Å². The average molecular weight is 440 g/mol. The number of alkyl halides is 4. The van der Waals surface area contributed by atoms with E-state index >= 15 is 0 Å². The van der Waals surface area contributed by atoms with Crippen LogP contribution in [-0.4, -0.2) is 31.1 Å². The van der Waals surface area contributed by atoms with Gasteiger partial charge >= 0.3 is 13.2 Å². The first kappa shape index (κ1) is 23.7. The fourth-order valence-electron chi connectivity index (χ4n) is 2.50. The maximum atomic E-state index is 12.6. The van der Waals surface area contributed by atoms with E-state index < -0.39 is 24.9 Å². The third kappa shape index (κ3) is 7.65. The lowest BCUT2D eigenvalue weighted by atomic mass is 10.1. The van der Waals surface area contributed by atoms with Crippen LogP contribution in [0.4, 0.5) is 23.2 Å². The molecule has 2 aromatic rings. The monoisotopic (exact) mass is 440 g/mol. The zero-order valence-electron chi connectivity index (χ0n) is 16.6. The van der Waals surface area contributed by atoms with E-state index in [9.17, 15) is 27.2 Å². The Kier molecular flexibility index (Phi) is 8.42. The summed E-state index contributed by atoms with van der Waals surface area (Å²) in [5.41, 5.74) is 0.524. The minimum atomic E-state index is -3.21. The van der Waals surface area contributed by atoms with Gasteiger partial charge in [-0.1, -0.05) is 12.1 Å². The number of halogens is 4. The van der Waals surface area contributed by atoms with Crippen LogP contribution in [0.5, 0.6) is 11.5 Å². The number of amides is 2. The third-order valence-corrected chi connectivity index (χ3v) is 3.69. The van der Waals surface area contributed by atoms with Crippen molar-refractivity contribution in [1.82, 2.24) is 5.32 Å². The molecule has 0 aliphatic carbocycles. The van der Waals surface area contributed by atoms with Crippen LogP contribution in [0.1, 0.15) is 29.8 Å². The van der Waals surface area contributed by atoms with Crippen molar-refractivity contribution in [3.63, 3.8) is 0 Å². The van der Waals surface area contributed by atoms with Gasteiger partial charge in [-0.2, -0.15) is 17.6 Å². The summed E-state index contributed by atoms with van der Waals surface area (Å²) in [4.78, 5) is 24.5. The fraction of sp³-hybridized carbons (Fsp3) is 0.238. The quantitative estimate of drug-likeness (QED) is 0.439. The van der Waals surface area contributed by atoms with Gasteiger partial charge in [-0.05, 0) is 44.2 Å². The van der Waals surface area contributed by atoms with Gasteiger partial charge in [0, 0.05) is 23.7 Å². The molecule has 31 heavy (non-hydrogen) atoms. The Morgan fingerprint density at radius 3 is 2.29 bits per heavy atom. The van der Waals surface area contributed by atoms with Gasteiger partial charge in [0.05, 0.1) is 11.3 Å². The first-order valence-corrected chi connectivity index (χ1v) is 9.08. The number of ether oxygens (including phenoxy) is 2. The van der Waals surface area contributed by atoms with Gasteiger partial charge in [0.25, 0.3) is 5.91 Å². The van der Waals surface area contributed by atoms with E-state index in [0.29, 0.717) is 0 Å². The number of carbonyl (C=O) groups excluding carboxylic acids is 2. The number of rotatable bonds is 9. The number of carbonyl (C=O) groups is 2. The predicted octanol–water partition coefficient (Wildman–Crippen LogP) is 4.68. The average Bonchev–Trinajstić information content (AvgIpc) is 2.66. The van der Waals surface area contributed by atoms with Gasteiger partial charge < -0.3 is 20.1 Å². The highest BCUT2D eigenvalue weighted by molar-refractivity contribution is 6.07. The molecular weight excluding hydrogens is 420 g/mol. The summed E-state index contributed by atoms with van der Waals surface area (Å²) in [5.74, 6) is -1.86. The van der Waals surface area contributed by atoms with Crippen LogP contribution < -0.4 is 20.1 Å². The molecule has 0 atom stereocenters. The smallest absolute Gasteiger partial charge is 0.387 e. The molecule has 0 fully saturated rings. The topological polar surface area (TPSA) is 76.7 Å². The molecule has 6 nitrogen and oxygen atoms in total. The molecule has 0 aliphatic rings. The molecule has 0 bridgehead atoms. The maximum Gasteiger partial charge on any atom is 0.387 e. The minimum Gasteiger partial charge on any atom is -0.435 e. The molecule has 0 saturated carbocycles. The molecule has 2 N–H and O–H groups in total. The SMILES string of the molecule is CC(C)NC(=O)c1ccccc1NC(=O)/C=C/c1ccc(OC(F)F)cc1OC(F)F. The Balaban J connectivity index is 2.19. The summed E-state index contributed by atoms with van der Waals surface area (Å²) in [5, 5.41) is 5.25. The van der Waals surface area contributed by atoms with Crippen LogP contribution in [0, 0.1) is 0 Å². The van der Waals surface area contributed by atoms with Gasteiger partial charge in [0.2, 0.25) is 5.91 Å². The van der Waals surface area contributed by atoms with Crippen LogP contribution in [0.2, 0.25) is 0 Å². The van der Waals surface area contributed by atoms with Crippen molar-refractivity contribution < 1.29 is 36.6 Å². The van der Waals surface area contributed by atoms with E-state index in [0.717, 1.165) is 24.3 Å². The van der Waals surface area contributed by atoms with Crippen LogP contribution >= 0.6 is 0 Å². The van der Waals surface area contributed by atoms with Crippen molar-refractivity contribution in [2.75, 3.05) is 5.32 Å². The molecule has 0 aliphatic heterocycles. The summed E-state index contributed by atoms with van der Waals surface area (Å²) >= 11 is 0. The molecule has 2 amide bonds. The summed E-state index contributed by atoms with van der Waals surface area (Å²) in [6.07, 6.45) is 2.19. The normalized spacial score (nSPS) is 11.3. The Morgan fingerprint density at radius 1 is 0.968 bits per heavy atom. The third-order valence-electron chi connectivity index (χ3n) is 3.69. The second kappa shape index (κ2) is 11.0. The van der Waals surface area contributed by atoms with Crippen molar-refractivity contribution >= 4 is 23.6 Å². The van der Waals surface area contributed by atoms with Gasteiger partial charge in [-0.25, -0.2) is 0 Å². The molecule has 10 heteroatoms. The van der Waals surface area contributed by atoms with Crippen molar-refractivity contribution in [3.8, 4) is 11.5 Å². The van der Waals surface area contributed by atoms with E-state index in [1.165, 1.54) is 18.2 Å². The van der Waals surface area contributed by atoms with Gasteiger partial charge in [0.1, 0.15) is 11.5 Å².